The molecule has 32 heavy (non-hydrogen) atoms. The Morgan fingerprint density at radius 2 is 1.84 bits per heavy atom. The molecule has 0 aliphatic carbocycles. The molecule has 1 aliphatic heterocycles. The second kappa shape index (κ2) is 8.26. The first kappa shape index (κ1) is 19.9. The highest BCUT2D eigenvalue weighted by molar-refractivity contribution is 6.07. The second-order valence-corrected chi connectivity index (χ2v) is 8.07. The number of hydrogen-bond donors (Lipinski definition) is 1. The maximum atomic E-state index is 13.0. The maximum Gasteiger partial charge on any atom is 0.227 e. The molecular weight excluding hydrogens is 402 g/mol. The first-order valence-electron chi connectivity index (χ1n) is 10.6. The molecule has 1 fully saturated rings. The van der Waals surface area contributed by atoms with Crippen molar-refractivity contribution in [2.24, 2.45) is 5.92 Å². The van der Waals surface area contributed by atoms with Gasteiger partial charge >= 0.3 is 0 Å². The molecule has 1 N–H and O–H groups in total. The minimum atomic E-state index is -0.377. The third-order valence-corrected chi connectivity index (χ3v) is 5.99. The Morgan fingerprint density at radius 3 is 2.62 bits per heavy atom. The molecule has 0 unspecified atom stereocenters. The molecule has 2 amide bonds. The number of carbonyl (C=O) groups is 2. The number of anilines is 1. The zero-order valence-corrected chi connectivity index (χ0v) is 17.7. The molecule has 5 rings (SSSR count). The topological polar surface area (TPSA) is 80.1 Å². The van der Waals surface area contributed by atoms with E-state index in [2.05, 4.69) is 15.4 Å². The zero-order valence-electron chi connectivity index (χ0n) is 17.7. The van der Waals surface area contributed by atoms with Crippen LogP contribution in [0.15, 0.2) is 79.4 Å². The quantitative estimate of drug-likeness (QED) is 0.529. The molecule has 3 aromatic carbocycles. The van der Waals surface area contributed by atoms with Gasteiger partial charge in [-0.25, -0.2) is 9.67 Å². The summed E-state index contributed by atoms with van der Waals surface area (Å²) >= 11 is 0. The van der Waals surface area contributed by atoms with Gasteiger partial charge in [-0.2, -0.15) is 5.10 Å². The molecule has 160 valence electrons. The summed E-state index contributed by atoms with van der Waals surface area (Å²) in [6, 6.07) is 21.5. The lowest BCUT2D eigenvalue weighted by molar-refractivity contribution is -0.126. The Labute approximate surface area is 185 Å². The van der Waals surface area contributed by atoms with Crippen LogP contribution in [0, 0.1) is 5.92 Å². The summed E-state index contributed by atoms with van der Waals surface area (Å²) in [4.78, 5) is 31.4. The van der Waals surface area contributed by atoms with E-state index in [9.17, 15) is 9.59 Å². The van der Waals surface area contributed by atoms with Gasteiger partial charge in [-0.05, 0) is 36.1 Å². The van der Waals surface area contributed by atoms with Crippen LogP contribution in [0.4, 0.5) is 5.69 Å². The number of benzene rings is 3. The zero-order chi connectivity index (χ0) is 22.1. The number of nitrogens with zero attached hydrogens (tertiary/aromatic N) is 4. The predicted molar refractivity (Wildman–Crippen MR) is 122 cm³/mol. The molecule has 1 saturated heterocycles. The van der Waals surface area contributed by atoms with E-state index in [1.165, 1.54) is 6.33 Å². The van der Waals surface area contributed by atoms with E-state index >= 15 is 0 Å². The van der Waals surface area contributed by atoms with E-state index in [4.69, 9.17) is 0 Å². The number of carbonyl (C=O) groups excluding carboxylic acids is 2. The predicted octanol–water partition coefficient (Wildman–Crippen LogP) is 3.65. The van der Waals surface area contributed by atoms with E-state index in [0.717, 1.165) is 27.7 Å². The summed E-state index contributed by atoms with van der Waals surface area (Å²) in [5, 5.41) is 9.28. The van der Waals surface area contributed by atoms with Crippen LogP contribution in [0.5, 0.6) is 0 Å². The Hall–Kier alpha value is -4.00. The first-order valence-corrected chi connectivity index (χ1v) is 10.6. The molecule has 4 aromatic rings. The minimum absolute atomic E-state index is 0.0219. The molecule has 0 spiro atoms. The fourth-order valence-electron chi connectivity index (χ4n) is 4.23. The van der Waals surface area contributed by atoms with Crippen LogP contribution >= 0.6 is 0 Å². The highest BCUT2D eigenvalue weighted by Crippen LogP contribution is 2.32. The van der Waals surface area contributed by atoms with Crippen LogP contribution in [0.3, 0.4) is 0 Å². The van der Waals surface area contributed by atoms with Crippen LogP contribution in [0.25, 0.3) is 16.5 Å². The number of rotatable bonds is 5. The van der Waals surface area contributed by atoms with E-state index in [-0.39, 0.29) is 30.2 Å². The summed E-state index contributed by atoms with van der Waals surface area (Å²) in [6.45, 7) is 2.33. The fourth-order valence-corrected chi connectivity index (χ4v) is 4.23. The third-order valence-electron chi connectivity index (χ3n) is 5.99. The lowest BCUT2D eigenvalue weighted by Crippen LogP contribution is -2.34. The van der Waals surface area contributed by atoms with Gasteiger partial charge in [0.05, 0.1) is 23.3 Å². The van der Waals surface area contributed by atoms with Gasteiger partial charge in [0.2, 0.25) is 11.8 Å². The van der Waals surface area contributed by atoms with Gasteiger partial charge < -0.3 is 10.2 Å². The van der Waals surface area contributed by atoms with E-state index < -0.39 is 0 Å². The summed E-state index contributed by atoms with van der Waals surface area (Å²) in [6.07, 6.45) is 3.34. The van der Waals surface area contributed by atoms with Crippen LogP contribution in [0.2, 0.25) is 0 Å². The number of aromatic nitrogens is 3. The van der Waals surface area contributed by atoms with Crippen molar-refractivity contribution < 1.29 is 9.59 Å². The van der Waals surface area contributed by atoms with Crippen LogP contribution in [0.1, 0.15) is 24.9 Å². The van der Waals surface area contributed by atoms with Gasteiger partial charge in [0.15, 0.2) is 0 Å². The standard InChI is InChI=1S/C25H23N5O2/c1-17(18-9-11-21(12-10-18)30-16-26-15-27-30)28-25(32)20-13-24(31)29(14-20)23-8-4-6-19-5-2-3-7-22(19)23/h2-12,15-17,20H,13-14H2,1H3,(H,28,32)/t17-,20+/m1/s1. The van der Waals surface area contributed by atoms with E-state index in [1.807, 2.05) is 73.7 Å². The van der Waals surface area contributed by atoms with E-state index in [1.54, 1.807) is 15.9 Å². The van der Waals surface area contributed by atoms with Crippen molar-refractivity contribution in [2.75, 3.05) is 11.4 Å². The first-order chi connectivity index (χ1) is 15.6. The second-order valence-electron chi connectivity index (χ2n) is 8.07. The maximum absolute atomic E-state index is 13.0. The van der Waals surface area contributed by atoms with Crippen molar-refractivity contribution in [2.45, 2.75) is 19.4 Å². The normalized spacial score (nSPS) is 17.0. The SMILES string of the molecule is C[C@@H](NC(=O)[C@H]1CC(=O)N(c2cccc3ccccc23)C1)c1ccc(-n2cncn2)cc1. The van der Waals surface area contributed by atoms with Crippen LogP contribution in [-0.2, 0) is 9.59 Å². The van der Waals surface area contributed by atoms with Gasteiger partial charge in [0, 0.05) is 18.4 Å². The smallest absolute Gasteiger partial charge is 0.227 e. The third kappa shape index (κ3) is 3.73. The molecule has 7 heteroatoms. The van der Waals surface area contributed by atoms with Crippen molar-refractivity contribution in [3.05, 3.63) is 84.9 Å². The van der Waals surface area contributed by atoms with Crippen molar-refractivity contribution in [1.29, 1.82) is 0 Å². The molecule has 7 nitrogen and oxygen atoms in total. The fraction of sp³-hybridized carbons (Fsp3) is 0.200. The highest BCUT2D eigenvalue weighted by Gasteiger charge is 2.36. The Morgan fingerprint density at radius 1 is 1.06 bits per heavy atom. The van der Waals surface area contributed by atoms with Crippen LogP contribution < -0.4 is 10.2 Å². The van der Waals surface area contributed by atoms with Gasteiger partial charge in [-0.15, -0.1) is 0 Å². The van der Waals surface area contributed by atoms with Crippen molar-refractivity contribution in [1.82, 2.24) is 20.1 Å². The Bertz CT molecular complexity index is 1260. The number of nitrogens with one attached hydrogen (secondary N) is 1. The lowest BCUT2D eigenvalue weighted by Gasteiger charge is -2.20. The average molecular weight is 425 g/mol. The van der Waals surface area contributed by atoms with Crippen molar-refractivity contribution in [3.8, 4) is 5.69 Å². The summed E-state index contributed by atoms with van der Waals surface area (Å²) < 4.78 is 1.68. The average Bonchev–Trinajstić information content (AvgIpc) is 3.49. The highest BCUT2D eigenvalue weighted by atomic mass is 16.2. The molecule has 0 radical (unpaired) electrons. The summed E-state index contributed by atoms with van der Waals surface area (Å²) in [5.41, 5.74) is 2.74. The number of hydrogen-bond acceptors (Lipinski definition) is 4. The monoisotopic (exact) mass is 425 g/mol. The minimum Gasteiger partial charge on any atom is -0.349 e. The van der Waals surface area contributed by atoms with Gasteiger partial charge in [-0.1, -0.05) is 48.5 Å². The van der Waals surface area contributed by atoms with Gasteiger partial charge in [0.25, 0.3) is 0 Å². The lowest BCUT2D eigenvalue weighted by atomic mass is 10.0. The van der Waals surface area contributed by atoms with Gasteiger partial charge in [-0.3, -0.25) is 9.59 Å². The number of fused-ring (bicyclic) bond motifs is 1. The Balaban J connectivity index is 1.27. The van der Waals surface area contributed by atoms with Crippen LogP contribution in [-0.4, -0.2) is 33.1 Å². The van der Waals surface area contributed by atoms with Crippen molar-refractivity contribution >= 4 is 28.3 Å². The largest absolute Gasteiger partial charge is 0.349 e. The van der Waals surface area contributed by atoms with E-state index in [0.29, 0.717) is 6.54 Å². The van der Waals surface area contributed by atoms with Crippen molar-refractivity contribution in [3.63, 3.8) is 0 Å². The molecule has 2 atom stereocenters. The molecular formula is C25H23N5O2. The molecule has 2 heterocycles. The molecule has 0 saturated carbocycles. The molecule has 1 aromatic heterocycles. The Kier molecular flexibility index (Phi) is 5.15. The van der Waals surface area contributed by atoms with Gasteiger partial charge in [0.1, 0.15) is 12.7 Å². The molecule has 1 aliphatic rings. The number of amides is 2. The molecule has 0 bridgehead atoms. The summed E-state index contributed by atoms with van der Waals surface area (Å²) in [7, 11) is 0. The summed E-state index contributed by atoms with van der Waals surface area (Å²) in [5.74, 6) is -0.501.